The van der Waals surface area contributed by atoms with Crippen LogP contribution in [0.25, 0.3) is 0 Å². The molecule has 0 bridgehead atoms. The third-order valence-electron chi connectivity index (χ3n) is 3.41. The first-order valence-electron chi connectivity index (χ1n) is 6.80. The Labute approximate surface area is 138 Å². The molecule has 1 aromatic rings. The number of nitrogens with one attached hydrogen (secondary N) is 1. The van der Waals surface area contributed by atoms with Gasteiger partial charge in [0.2, 0.25) is 0 Å². The molecule has 2 rings (SSSR count). The summed E-state index contributed by atoms with van der Waals surface area (Å²) in [6.07, 6.45) is 5.27. The van der Waals surface area contributed by atoms with Crippen LogP contribution in [0.4, 0.5) is 0 Å². The molecule has 114 valence electrons. The number of aromatic nitrogens is 2. The Hall–Kier alpha value is -0.830. The van der Waals surface area contributed by atoms with E-state index in [1.807, 2.05) is 38.2 Å². The van der Waals surface area contributed by atoms with Crippen LogP contribution < -0.4 is 5.32 Å². The molecule has 0 aromatic carbocycles. The second kappa shape index (κ2) is 8.46. The third kappa shape index (κ3) is 4.93. The van der Waals surface area contributed by atoms with Gasteiger partial charge in [0.25, 0.3) is 0 Å². The quantitative estimate of drug-likeness (QED) is 0.457. The van der Waals surface area contributed by atoms with Gasteiger partial charge in [0.15, 0.2) is 5.96 Å². The van der Waals surface area contributed by atoms with Crippen LogP contribution in [0.1, 0.15) is 12.0 Å². The molecule has 2 heterocycles. The predicted molar refractivity (Wildman–Crippen MR) is 92.5 cm³/mol. The maximum Gasteiger partial charge on any atom is 0.193 e. The van der Waals surface area contributed by atoms with Gasteiger partial charge >= 0.3 is 0 Å². The topological polar surface area (TPSA) is 48.7 Å². The van der Waals surface area contributed by atoms with E-state index in [1.54, 1.807) is 0 Å². The molecule has 20 heavy (non-hydrogen) atoms. The van der Waals surface area contributed by atoms with Crippen molar-refractivity contribution in [3.8, 4) is 0 Å². The summed E-state index contributed by atoms with van der Waals surface area (Å²) >= 11 is 0. The van der Waals surface area contributed by atoms with Crippen molar-refractivity contribution in [3.05, 3.63) is 18.0 Å². The molecule has 1 aliphatic rings. The van der Waals surface area contributed by atoms with Gasteiger partial charge in [-0.2, -0.15) is 5.10 Å². The molecule has 1 fully saturated rings. The smallest absolute Gasteiger partial charge is 0.193 e. The molecule has 0 unspecified atom stereocenters. The number of guanidine groups is 1. The largest absolute Gasteiger partial charge is 0.355 e. The lowest BCUT2D eigenvalue weighted by Gasteiger charge is -2.31. The van der Waals surface area contributed by atoms with Gasteiger partial charge in [0.05, 0.1) is 6.20 Å². The fourth-order valence-electron chi connectivity index (χ4n) is 2.22. The van der Waals surface area contributed by atoms with Crippen molar-refractivity contribution in [2.75, 3.05) is 40.3 Å². The van der Waals surface area contributed by atoms with Crippen molar-refractivity contribution in [1.29, 1.82) is 0 Å². The SMILES string of the molecule is CN=C(NCCN1CCC1)N(C)Cc1cnn(C)c1.I. The number of aryl methyl sites for hydroxylation is 1. The minimum atomic E-state index is 0. The molecule has 6 nitrogen and oxygen atoms in total. The first-order chi connectivity index (χ1) is 9.19. The lowest BCUT2D eigenvalue weighted by molar-refractivity contribution is 0.184. The second-order valence-electron chi connectivity index (χ2n) is 5.05. The zero-order valence-corrected chi connectivity index (χ0v) is 14.9. The highest BCUT2D eigenvalue weighted by Crippen LogP contribution is 2.04. The lowest BCUT2D eigenvalue weighted by atomic mass is 10.2. The number of likely N-dealkylation sites (tertiary alicyclic amines) is 1. The maximum atomic E-state index is 4.32. The van der Waals surface area contributed by atoms with E-state index in [1.165, 1.54) is 25.1 Å². The van der Waals surface area contributed by atoms with E-state index in [0.29, 0.717) is 0 Å². The molecule has 0 radical (unpaired) electrons. The Morgan fingerprint density at radius 2 is 2.25 bits per heavy atom. The standard InChI is InChI=1S/C13H24N6.HI/c1-14-13(15-5-8-19-6-4-7-19)17(2)10-12-9-16-18(3)11-12;/h9,11H,4-8,10H2,1-3H3,(H,14,15);1H. The fraction of sp³-hybridized carbons (Fsp3) is 0.692. The Balaban J connectivity index is 0.00000200. The summed E-state index contributed by atoms with van der Waals surface area (Å²) in [5, 5.41) is 7.58. The van der Waals surface area contributed by atoms with E-state index in [0.717, 1.165) is 25.6 Å². The predicted octanol–water partition coefficient (Wildman–Crippen LogP) is 0.751. The second-order valence-corrected chi connectivity index (χ2v) is 5.05. The van der Waals surface area contributed by atoms with Crippen molar-refractivity contribution in [2.45, 2.75) is 13.0 Å². The van der Waals surface area contributed by atoms with Gasteiger partial charge in [-0.25, -0.2) is 0 Å². The van der Waals surface area contributed by atoms with E-state index in [-0.39, 0.29) is 24.0 Å². The third-order valence-corrected chi connectivity index (χ3v) is 3.41. The molecular weight excluding hydrogens is 367 g/mol. The summed E-state index contributed by atoms with van der Waals surface area (Å²) < 4.78 is 1.82. The van der Waals surface area contributed by atoms with Crippen molar-refractivity contribution < 1.29 is 0 Å². The highest BCUT2D eigenvalue weighted by molar-refractivity contribution is 14.0. The van der Waals surface area contributed by atoms with Crippen molar-refractivity contribution in [1.82, 2.24) is 24.9 Å². The van der Waals surface area contributed by atoms with Crippen LogP contribution >= 0.6 is 24.0 Å². The Morgan fingerprint density at radius 1 is 1.50 bits per heavy atom. The summed E-state index contributed by atoms with van der Waals surface area (Å²) in [6.45, 7) is 5.35. The van der Waals surface area contributed by atoms with Crippen LogP contribution in [0.15, 0.2) is 17.4 Å². The highest BCUT2D eigenvalue weighted by Gasteiger charge is 2.13. The Morgan fingerprint density at radius 3 is 2.75 bits per heavy atom. The lowest BCUT2D eigenvalue weighted by Crippen LogP contribution is -2.45. The molecule has 0 aliphatic carbocycles. The minimum Gasteiger partial charge on any atom is -0.355 e. The number of nitrogens with zero attached hydrogens (tertiary/aromatic N) is 5. The molecule has 1 saturated heterocycles. The van der Waals surface area contributed by atoms with Crippen molar-refractivity contribution in [3.63, 3.8) is 0 Å². The van der Waals surface area contributed by atoms with Gasteiger partial charge in [-0.1, -0.05) is 0 Å². The van der Waals surface area contributed by atoms with Crippen LogP contribution in [0, 0.1) is 0 Å². The molecule has 1 aliphatic heterocycles. The van der Waals surface area contributed by atoms with E-state index >= 15 is 0 Å². The minimum absolute atomic E-state index is 0. The summed E-state index contributed by atoms with van der Waals surface area (Å²) in [6, 6.07) is 0. The first kappa shape index (κ1) is 17.2. The Kier molecular flexibility index (Phi) is 7.28. The van der Waals surface area contributed by atoms with Crippen LogP contribution in [0.5, 0.6) is 0 Å². The Bertz CT molecular complexity index is 426. The van der Waals surface area contributed by atoms with Gasteiger partial charge < -0.3 is 15.1 Å². The number of rotatable bonds is 5. The normalized spacial score (nSPS) is 15.4. The summed E-state index contributed by atoms with van der Waals surface area (Å²) in [5.41, 5.74) is 1.19. The monoisotopic (exact) mass is 392 g/mol. The zero-order chi connectivity index (χ0) is 13.7. The average molecular weight is 392 g/mol. The first-order valence-corrected chi connectivity index (χ1v) is 6.80. The summed E-state index contributed by atoms with van der Waals surface area (Å²) in [4.78, 5) is 8.88. The van der Waals surface area contributed by atoms with E-state index in [9.17, 15) is 0 Å². The molecule has 0 atom stereocenters. The maximum absolute atomic E-state index is 4.32. The van der Waals surface area contributed by atoms with Gasteiger partial charge in [-0.05, 0) is 19.5 Å². The molecule has 1 aromatic heterocycles. The number of halogens is 1. The molecule has 0 spiro atoms. The average Bonchev–Trinajstić information content (AvgIpc) is 2.72. The van der Waals surface area contributed by atoms with E-state index in [2.05, 4.69) is 25.2 Å². The molecule has 1 N–H and O–H groups in total. The van der Waals surface area contributed by atoms with Crippen molar-refractivity contribution in [2.24, 2.45) is 12.0 Å². The van der Waals surface area contributed by atoms with E-state index in [4.69, 9.17) is 0 Å². The summed E-state index contributed by atoms with van der Waals surface area (Å²) in [5.74, 6) is 0.935. The van der Waals surface area contributed by atoms with Crippen LogP contribution in [-0.2, 0) is 13.6 Å². The van der Waals surface area contributed by atoms with Crippen LogP contribution in [0.3, 0.4) is 0 Å². The number of hydrogen-bond donors (Lipinski definition) is 1. The number of hydrogen-bond acceptors (Lipinski definition) is 3. The van der Waals surface area contributed by atoms with Gasteiger partial charge in [0.1, 0.15) is 0 Å². The fourth-order valence-corrected chi connectivity index (χ4v) is 2.22. The highest BCUT2D eigenvalue weighted by atomic mass is 127. The summed E-state index contributed by atoms with van der Waals surface area (Å²) in [7, 11) is 5.81. The van der Waals surface area contributed by atoms with E-state index < -0.39 is 0 Å². The van der Waals surface area contributed by atoms with Crippen molar-refractivity contribution >= 4 is 29.9 Å². The van der Waals surface area contributed by atoms with Gasteiger partial charge in [-0.15, -0.1) is 24.0 Å². The van der Waals surface area contributed by atoms with Gasteiger partial charge in [0, 0.05) is 52.5 Å². The molecular formula is C13H25IN6. The van der Waals surface area contributed by atoms with Gasteiger partial charge in [-0.3, -0.25) is 9.67 Å². The molecule has 0 amide bonds. The molecule has 0 saturated carbocycles. The number of aliphatic imine (C=N–C) groups is 1. The van der Waals surface area contributed by atoms with Crippen LogP contribution in [-0.4, -0.2) is 65.8 Å². The van der Waals surface area contributed by atoms with Crippen LogP contribution in [0.2, 0.25) is 0 Å². The molecule has 7 heteroatoms. The zero-order valence-electron chi connectivity index (χ0n) is 12.5.